The second-order valence-electron chi connectivity index (χ2n) is 11.6. The van der Waals surface area contributed by atoms with Gasteiger partial charge in [-0.2, -0.15) is 0 Å². The van der Waals surface area contributed by atoms with Crippen molar-refractivity contribution in [1.29, 1.82) is 0 Å². The number of carbonyl (C=O) groups is 2. The number of rotatable bonds is 12. The van der Waals surface area contributed by atoms with Gasteiger partial charge in [0, 0.05) is 36.0 Å². The topological polar surface area (TPSA) is 119 Å². The van der Waals surface area contributed by atoms with Gasteiger partial charge in [-0.1, -0.05) is 83.5 Å². The third-order valence-electron chi connectivity index (χ3n) is 8.27. The van der Waals surface area contributed by atoms with Crippen LogP contribution in [0.4, 0.5) is 5.82 Å². The predicted octanol–water partition coefficient (Wildman–Crippen LogP) is 7.79. The minimum absolute atomic E-state index is 0.155. The summed E-state index contributed by atoms with van der Waals surface area (Å²) in [6, 6.07) is 18.0. The molecule has 4 N–H and O–H groups in total. The molecule has 0 spiro atoms. The Kier molecular flexibility index (Phi) is 15.9. The van der Waals surface area contributed by atoms with Crippen LogP contribution in [0.15, 0.2) is 71.9 Å². The lowest BCUT2D eigenvalue weighted by Crippen LogP contribution is -2.34. The van der Waals surface area contributed by atoms with Crippen molar-refractivity contribution >= 4 is 29.3 Å². The summed E-state index contributed by atoms with van der Waals surface area (Å²) in [4.78, 5) is 32.4. The van der Waals surface area contributed by atoms with E-state index in [9.17, 15) is 9.59 Å². The summed E-state index contributed by atoms with van der Waals surface area (Å²) in [5.74, 6) is 1.88. The normalized spacial score (nSPS) is 14.5. The lowest BCUT2D eigenvalue weighted by molar-refractivity contribution is 0.0933. The lowest BCUT2D eigenvalue weighted by atomic mass is 9.99. The molecule has 1 aromatic heterocycles. The van der Waals surface area contributed by atoms with Crippen LogP contribution in [0.2, 0.25) is 0 Å². The van der Waals surface area contributed by atoms with E-state index in [2.05, 4.69) is 46.6 Å². The highest BCUT2D eigenvalue weighted by Gasteiger charge is 2.17. The highest BCUT2D eigenvalue weighted by atomic mass is 16.5. The van der Waals surface area contributed by atoms with Crippen molar-refractivity contribution in [1.82, 2.24) is 15.6 Å². The highest BCUT2D eigenvalue weighted by molar-refractivity contribution is 6.12. The van der Waals surface area contributed by atoms with Crippen LogP contribution < -0.4 is 21.1 Å². The van der Waals surface area contributed by atoms with Crippen molar-refractivity contribution in [3.63, 3.8) is 0 Å². The van der Waals surface area contributed by atoms with E-state index in [1.165, 1.54) is 12.8 Å². The van der Waals surface area contributed by atoms with Crippen molar-refractivity contribution in [2.24, 2.45) is 10.9 Å². The molecule has 1 amide bonds. The molecule has 1 saturated heterocycles. The van der Waals surface area contributed by atoms with Gasteiger partial charge in [0.25, 0.3) is 5.91 Å². The van der Waals surface area contributed by atoms with Gasteiger partial charge in [0.2, 0.25) is 0 Å². The zero-order valence-corrected chi connectivity index (χ0v) is 28.9. The Labute approximate surface area is 281 Å². The molecule has 2 aliphatic heterocycles. The highest BCUT2D eigenvalue weighted by Crippen LogP contribution is 2.24. The number of nitrogens with one attached hydrogen (secondary N) is 2. The molecule has 252 valence electrons. The number of ether oxygens (including phenoxy) is 1. The smallest absolute Gasteiger partial charge is 0.255 e. The summed E-state index contributed by atoms with van der Waals surface area (Å²) in [7, 11) is 0. The number of pyridine rings is 1. The number of hydrogen-bond donors (Lipinski definition) is 3. The Morgan fingerprint density at radius 2 is 1.64 bits per heavy atom. The van der Waals surface area contributed by atoms with E-state index in [1.807, 2.05) is 63.2 Å². The Balaban J connectivity index is 0.000000245. The number of piperidine rings is 1. The molecule has 3 aromatic rings. The number of nitrogen functional groups attached to an aromatic ring is 1. The fraction of sp³-hybridized carbons (Fsp3) is 0.436. The predicted molar refractivity (Wildman–Crippen MR) is 195 cm³/mol. The van der Waals surface area contributed by atoms with Crippen LogP contribution in [0.1, 0.15) is 99.4 Å². The number of Topliss-reactive ketones (excluding diaryl/α,β-unsaturated/α-hetero) is 1. The molecule has 2 aromatic carbocycles. The van der Waals surface area contributed by atoms with E-state index >= 15 is 0 Å². The number of ketones is 1. The number of carbonyl (C=O) groups excluding carboxylic acids is 2. The standard InChI is InChI=1S/C21H25NO2.C16H22N4O.C2H6/c1-2-21(23)19-5-3-17(4-6-19)18-7-9-20(10-8-18)24-15-16-11-13-22-14-12-16;1-3-5-13(4-2)20-16(21)14-8-12(10-19-15(14)17)11-6-7-18-9-11;1-2/h3-10,16,22H,2,11-15H2,1H3;6,8-10,13H,3-5,7H2,1-2H3,(H2,17,19)(H,20,21);1-2H3. The third kappa shape index (κ3) is 11.5. The number of hydrogen-bond acceptors (Lipinski definition) is 7. The number of benzene rings is 2. The summed E-state index contributed by atoms with van der Waals surface area (Å²) in [5, 5.41) is 6.41. The summed E-state index contributed by atoms with van der Waals surface area (Å²) >= 11 is 0. The average molecular weight is 640 g/mol. The van der Waals surface area contributed by atoms with E-state index in [0.29, 0.717) is 24.4 Å². The second kappa shape index (κ2) is 20.0. The average Bonchev–Trinajstić information content (AvgIpc) is 3.68. The number of aliphatic imine (C=N–C) groups is 1. The van der Waals surface area contributed by atoms with Crippen LogP contribution >= 0.6 is 0 Å². The molecule has 8 nitrogen and oxygen atoms in total. The van der Waals surface area contributed by atoms with Crippen LogP contribution in [-0.4, -0.2) is 55.2 Å². The molecule has 0 bridgehead atoms. The van der Waals surface area contributed by atoms with Crippen LogP contribution in [-0.2, 0) is 0 Å². The van der Waals surface area contributed by atoms with Gasteiger partial charge >= 0.3 is 0 Å². The largest absolute Gasteiger partial charge is 0.493 e. The van der Waals surface area contributed by atoms with Crippen molar-refractivity contribution in [2.75, 3.05) is 32.0 Å². The van der Waals surface area contributed by atoms with Crippen LogP contribution in [0.5, 0.6) is 5.75 Å². The Morgan fingerprint density at radius 1 is 0.979 bits per heavy atom. The molecule has 8 heteroatoms. The second-order valence-corrected chi connectivity index (χ2v) is 11.6. The molecule has 1 unspecified atom stereocenters. The quantitative estimate of drug-likeness (QED) is 0.174. The molecular weight excluding hydrogens is 586 g/mol. The molecule has 1 fully saturated rings. The fourth-order valence-corrected chi connectivity index (χ4v) is 5.41. The van der Waals surface area contributed by atoms with Crippen LogP contribution in [0.3, 0.4) is 0 Å². The number of anilines is 1. The Bertz CT molecular complexity index is 1460. The number of amides is 1. The molecule has 1 atom stereocenters. The van der Waals surface area contributed by atoms with Gasteiger partial charge in [0.05, 0.1) is 18.7 Å². The van der Waals surface area contributed by atoms with E-state index < -0.39 is 0 Å². The van der Waals surface area contributed by atoms with Crippen molar-refractivity contribution < 1.29 is 14.3 Å². The van der Waals surface area contributed by atoms with Gasteiger partial charge in [-0.25, -0.2) is 4.98 Å². The first-order valence-electron chi connectivity index (χ1n) is 17.3. The van der Waals surface area contributed by atoms with E-state index in [4.69, 9.17) is 10.5 Å². The maximum atomic E-state index is 12.4. The SMILES string of the molecule is CC.CCC(=O)c1ccc(-c2ccc(OCC3CCNCC3)cc2)cc1.CCCC(CC)NC(=O)c1cc(C2=CCN=C2)cnc1N. The Hall–Kier alpha value is -4.30. The number of aromatic nitrogens is 1. The minimum atomic E-state index is -0.155. The first kappa shape index (κ1) is 37.2. The van der Waals surface area contributed by atoms with Gasteiger partial charge in [0.1, 0.15) is 11.6 Å². The maximum Gasteiger partial charge on any atom is 0.255 e. The third-order valence-corrected chi connectivity index (χ3v) is 8.27. The summed E-state index contributed by atoms with van der Waals surface area (Å²) < 4.78 is 5.93. The monoisotopic (exact) mass is 639 g/mol. The van der Waals surface area contributed by atoms with Gasteiger partial charge in [-0.05, 0) is 79.6 Å². The molecule has 0 radical (unpaired) electrons. The molecule has 0 aliphatic carbocycles. The molecule has 2 aliphatic rings. The first-order valence-corrected chi connectivity index (χ1v) is 17.3. The zero-order chi connectivity index (χ0) is 34.0. The van der Waals surface area contributed by atoms with E-state index in [1.54, 1.807) is 18.5 Å². The maximum absolute atomic E-state index is 12.4. The summed E-state index contributed by atoms with van der Waals surface area (Å²) in [6.45, 7) is 13.7. The molecule has 47 heavy (non-hydrogen) atoms. The Morgan fingerprint density at radius 3 is 2.21 bits per heavy atom. The van der Waals surface area contributed by atoms with Crippen molar-refractivity contribution in [2.45, 2.75) is 79.2 Å². The molecule has 0 saturated carbocycles. The van der Waals surface area contributed by atoms with Gasteiger partial charge in [-0.15, -0.1) is 0 Å². The van der Waals surface area contributed by atoms with Gasteiger partial charge in [0.15, 0.2) is 5.78 Å². The van der Waals surface area contributed by atoms with Crippen molar-refractivity contribution in [3.8, 4) is 16.9 Å². The first-order chi connectivity index (χ1) is 22.9. The molecule has 5 rings (SSSR count). The fourth-order valence-electron chi connectivity index (χ4n) is 5.41. The number of nitrogens with zero attached hydrogens (tertiary/aromatic N) is 2. The van der Waals surface area contributed by atoms with Gasteiger partial charge < -0.3 is 21.1 Å². The molecule has 3 heterocycles. The zero-order valence-electron chi connectivity index (χ0n) is 28.9. The minimum Gasteiger partial charge on any atom is -0.493 e. The molecular formula is C39H53N5O3. The number of nitrogens with two attached hydrogens (primary N) is 1. The summed E-state index contributed by atoms with van der Waals surface area (Å²) in [6.07, 6.45) is 11.3. The van der Waals surface area contributed by atoms with E-state index in [-0.39, 0.29) is 23.6 Å². The number of allylic oxidation sites excluding steroid dienone is 1. The lowest BCUT2D eigenvalue weighted by Gasteiger charge is -2.22. The summed E-state index contributed by atoms with van der Waals surface area (Å²) in [5.41, 5.74) is 11.2. The van der Waals surface area contributed by atoms with Crippen LogP contribution in [0.25, 0.3) is 16.7 Å². The van der Waals surface area contributed by atoms with E-state index in [0.717, 1.165) is 72.5 Å². The van der Waals surface area contributed by atoms with Gasteiger partial charge in [-0.3, -0.25) is 14.6 Å². The van der Waals surface area contributed by atoms with Crippen molar-refractivity contribution in [3.05, 3.63) is 83.6 Å². The van der Waals surface area contributed by atoms with Crippen LogP contribution in [0, 0.1) is 5.92 Å².